The van der Waals surface area contributed by atoms with E-state index >= 15 is 0 Å². The lowest BCUT2D eigenvalue weighted by molar-refractivity contribution is 0.104. The van der Waals surface area contributed by atoms with Crippen LogP contribution in [0.3, 0.4) is 0 Å². The predicted molar refractivity (Wildman–Crippen MR) is 73.9 cm³/mol. The average Bonchev–Trinajstić information content (AvgIpc) is 2.40. The van der Waals surface area contributed by atoms with Gasteiger partial charge in [0.15, 0.2) is 5.78 Å². The second kappa shape index (κ2) is 5.74. The molecule has 0 N–H and O–H groups in total. The third kappa shape index (κ3) is 3.14. The SMILES string of the molecule is O=C(/C=C/c1ccccc1)c1cc(F)ccc1Br. The molecule has 0 aliphatic heterocycles. The van der Waals surface area contributed by atoms with Gasteiger partial charge < -0.3 is 0 Å². The van der Waals surface area contributed by atoms with Crippen molar-refractivity contribution < 1.29 is 9.18 Å². The molecule has 0 saturated carbocycles. The van der Waals surface area contributed by atoms with Crippen molar-refractivity contribution in [1.82, 2.24) is 0 Å². The Morgan fingerprint density at radius 3 is 2.56 bits per heavy atom. The molecule has 90 valence electrons. The van der Waals surface area contributed by atoms with Gasteiger partial charge >= 0.3 is 0 Å². The molecule has 3 heteroatoms. The van der Waals surface area contributed by atoms with Gasteiger partial charge in [0.2, 0.25) is 0 Å². The Balaban J connectivity index is 2.22. The second-order valence-electron chi connectivity index (χ2n) is 3.73. The molecule has 2 rings (SSSR count). The normalized spacial score (nSPS) is 10.8. The molecule has 0 heterocycles. The number of carbonyl (C=O) groups is 1. The highest BCUT2D eigenvalue weighted by Gasteiger charge is 2.07. The zero-order chi connectivity index (χ0) is 13.0. The summed E-state index contributed by atoms with van der Waals surface area (Å²) >= 11 is 3.24. The molecular formula is C15H10BrFO. The third-order valence-electron chi connectivity index (χ3n) is 2.42. The topological polar surface area (TPSA) is 17.1 Å². The Morgan fingerprint density at radius 2 is 1.83 bits per heavy atom. The molecule has 0 radical (unpaired) electrons. The van der Waals surface area contributed by atoms with E-state index in [4.69, 9.17) is 0 Å². The lowest BCUT2D eigenvalue weighted by Crippen LogP contribution is -1.96. The van der Waals surface area contributed by atoms with E-state index in [9.17, 15) is 9.18 Å². The molecule has 0 aliphatic carbocycles. The maximum absolute atomic E-state index is 13.1. The van der Waals surface area contributed by atoms with Crippen LogP contribution in [-0.4, -0.2) is 5.78 Å². The van der Waals surface area contributed by atoms with E-state index in [0.717, 1.165) is 5.56 Å². The first kappa shape index (κ1) is 12.7. The molecule has 0 unspecified atom stereocenters. The molecule has 18 heavy (non-hydrogen) atoms. The monoisotopic (exact) mass is 304 g/mol. The standard InChI is InChI=1S/C15H10BrFO/c16-14-8-7-12(17)10-13(14)15(18)9-6-11-4-2-1-3-5-11/h1-10H/b9-6+. The minimum absolute atomic E-state index is 0.231. The molecule has 2 aromatic carbocycles. The van der Waals surface area contributed by atoms with Gasteiger partial charge in [0.25, 0.3) is 0 Å². The van der Waals surface area contributed by atoms with Crippen LogP contribution in [-0.2, 0) is 0 Å². The maximum Gasteiger partial charge on any atom is 0.187 e. The highest BCUT2D eigenvalue weighted by molar-refractivity contribution is 9.10. The molecule has 0 saturated heterocycles. The van der Waals surface area contributed by atoms with Crippen LogP contribution in [0.4, 0.5) is 4.39 Å². The maximum atomic E-state index is 13.1. The van der Waals surface area contributed by atoms with Crippen molar-refractivity contribution in [2.45, 2.75) is 0 Å². The number of rotatable bonds is 3. The Hall–Kier alpha value is -1.74. The number of ketones is 1. The molecule has 0 amide bonds. The summed E-state index contributed by atoms with van der Waals surface area (Å²) in [6.45, 7) is 0. The second-order valence-corrected chi connectivity index (χ2v) is 4.59. The van der Waals surface area contributed by atoms with Gasteiger partial charge in [-0.3, -0.25) is 4.79 Å². The highest BCUT2D eigenvalue weighted by Crippen LogP contribution is 2.19. The van der Waals surface area contributed by atoms with Crippen molar-refractivity contribution in [3.63, 3.8) is 0 Å². The minimum Gasteiger partial charge on any atom is -0.289 e. The molecule has 0 fully saturated rings. The van der Waals surface area contributed by atoms with Crippen LogP contribution in [0.15, 0.2) is 59.1 Å². The van der Waals surface area contributed by atoms with E-state index in [-0.39, 0.29) is 5.78 Å². The van der Waals surface area contributed by atoms with Gasteiger partial charge in [-0.15, -0.1) is 0 Å². The molecule has 0 atom stereocenters. The van der Waals surface area contributed by atoms with Crippen LogP contribution in [0.2, 0.25) is 0 Å². The Labute approximate surface area is 113 Å². The number of hydrogen-bond acceptors (Lipinski definition) is 1. The van der Waals surface area contributed by atoms with Crippen molar-refractivity contribution in [3.8, 4) is 0 Å². The van der Waals surface area contributed by atoms with Gasteiger partial charge in [0.05, 0.1) is 0 Å². The molecular weight excluding hydrogens is 295 g/mol. The fourth-order valence-electron chi connectivity index (χ4n) is 1.51. The molecule has 0 aliphatic rings. The van der Waals surface area contributed by atoms with Crippen LogP contribution in [0.25, 0.3) is 6.08 Å². The van der Waals surface area contributed by atoms with Crippen molar-refractivity contribution in [2.24, 2.45) is 0 Å². The van der Waals surface area contributed by atoms with E-state index in [1.807, 2.05) is 30.3 Å². The predicted octanol–water partition coefficient (Wildman–Crippen LogP) is 4.48. The van der Waals surface area contributed by atoms with Gasteiger partial charge in [0, 0.05) is 10.0 Å². The number of hydrogen-bond donors (Lipinski definition) is 0. The summed E-state index contributed by atoms with van der Waals surface area (Å²) in [6.07, 6.45) is 3.15. The summed E-state index contributed by atoms with van der Waals surface area (Å²) in [5.41, 5.74) is 1.25. The number of halogens is 2. The quantitative estimate of drug-likeness (QED) is 0.603. The Morgan fingerprint density at radius 1 is 1.11 bits per heavy atom. The summed E-state index contributed by atoms with van der Waals surface area (Å²) < 4.78 is 13.7. The molecule has 0 bridgehead atoms. The number of benzene rings is 2. The van der Waals surface area contributed by atoms with E-state index in [1.165, 1.54) is 24.3 Å². The van der Waals surface area contributed by atoms with E-state index < -0.39 is 5.82 Å². The number of allylic oxidation sites excluding steroid dienone is 1. The Bertz CT molecular complexity index is 591. The van der Waals surface area contributed by atoms with Gasteiger partial charge in [-0.25, -0.2) is 4.39 Å². The molecule has 0 aromatic heterocycles. The lowest BCUT2D eigenvalue weighted by Gasteiger charge is -2.00. The van der Waals surface area contributed by atoms with Gasteiger partial charge in [0.1, 0.15) is 5.82 Å². The number of carbonyl (C=O) groups excluding carboxylic acids is 1. The van der Waals surface area contributed by atoms with Crippen LogP contribution in [0.1, 0.15) is 15.9 Å². The van der Waals surface area contributed by atoms with Gasteiger partial charge in [-0.1, -0.05) is 52.3 Å². The lowest BCUT2D eigenvalue weighted by atomic mass is 10.1. The molecule has 0 spiro atoms. The summed E-state index contributed by atoms with van der Waals surface area (Å²) in [6, 6.07) is 13.5. The van der Waals surface area contributed by atoms with Crippen LogP contribution in [0.5, 0.6) is 0 Å². The Kier molecular flexibility index (Phi) is 4.05. The fourth-order valence-corrected chi connectivity index (χ4v) is 1.95. The van der Waals surface area contributed by atoms with Crippen LogP contribution >= 0.6 is 15.9 Å². The highest BCUT2D eigenvalue weighted by atomic mass is 79.9. The van der Waals surface area contributed by atoms with Crippen LogP contribution in [0, 0.1) is 5.82 Å². The fraction of sp³-hybridized carbons (Fsp3) is 0. The van der Waals surface area contributed by atoms with E-state index in [2.05, 4.69) is 15.9 Å². The first-order valence-electron chi connectivity index (χ1n) is 5.39. The summed E-state index contributed by atoms with van der Waals surface area (Å²) in [7, 11) is 0. The summed E-state index contributed by atoms with van der Waals surface area (Å²) in [5, 5.41) is 0. The van der Waals surface area contributed by atoms with Crippen molar-refractivity contribution in [1.29, 1.82) is 0 Å². The third-order valence-corrected chi connectivity index (χ3v) is 3.11. The summed E-state index contributed by atoms with van der Waals surface area (Å²) in [4.78, 5) is 11.9. The van der Waals surface area contributed by atoms with Crippen LogP contribution < -0.4 is 0 Å². The van der Waals surface area contributed by atoms with Crippen molar-refractivity contribution >= 4 is 27.8 Å². The first-order chi connectivity index (χ1) is 8.66. The van der Waals surface area contributed by atoms with Crippen molar-refractivity contribution in [2.75, 3.05) is 0 Å². The smallest absolute Gasteiger partial charge is 0.187 e. The van der Waals surface area contributed by atoms with Crippen molar-refractivity contribution in [3.05, 3.63) is 76.0 Å². The first-order valence-corrected chi connectivity index (χ1v) is 6.18. The van der Waals surface area contributed by atoms with Gasteiger partial charge in [-0.05, 0) is 29.8 Å². The van der Waals surface area contributed by atoms with E-state index in [1.54, 1.807) is 6.08 Å². The average molecular weight is 305 g/mol. The van der Waals surface area contributed by atoms with E-state index in [0.29, 0.717) is 10.0 Å². The largest absolute Gasteiger partial charge is 0.289 e. The van der Waals surface area contributed by atoms with Gasteiger partial charge in [-0.2, -0.15) is 0 Å². The molecule has 1 nitrogen and oxygen atoms in total. The zero-order valence-electron chi connectivity index (χ0n) is 9.44. The molecule has 2 aromatic rings. The zero-order valence-corrected chi connectivity index (χ0v) is 11.0. The summed E-state index contributed by atoms with van der Waals surface area (Å²) in [5.74, 6) is -0.653. The minimum atomic E-state index is -0.422.